The number of anilines is 2. The number of rotatable bonds is 9. The third-order valence-corrected chi connectivity index (χ3v) is 8.66. The summed E-state index contributed by atoms with van der Waals surface area (Å²) >= 11 is 0. The van der Waals surface area contributed by atoms with Gasteiger partial charge in [-0.05, 0) is 102 Å². The van der Waals surface area contributed by atoms with Crippen LogP contribution in [0, 0.1) is 25.2 Å². The van der Waals surface area contributed by atoms with E-state index in [1.807, 2.05) is 100 Å². The van der Waals surface area contributed by atoms with Crippen molar-refractivity contribution in [3.8, 4) is 17.6 Å². The summed E-state index contributed by atoms with van der Waals surface area (Å²) in [6.07, 6.45) is 4.73. The predicted molar refractivity (Wildman–Crippen MR) is 191 cm³/mol. The molecule has 0 saturated carbocycles. The number of pyridine rings is 1. The Labute approximate surface area is 288 Å². The Hall–Kier alpha value is -5.40. The first-order valence-electron chi connectivity index (χ1n) is 16.6. The van der Waals surface area contributed by atoms with Crippen LogP contribution in [0.4, 0.5) is 11.4 Å². The molecule has 10 nitrogen and oxygen atoms in total. The summed E-state index contributed by atoms with van der Waals surface area (Å²) in [7, 11) is 0. The molecule has 5 rings (SSSR count). The van der Waals surface area contributed by atoms with Gasteiger partial charge in [0.05, 0.1) is 22.7 Å². The topological polar surface area (TPSA) is 120 Å². The summed E-state index contributed by atoms with van der Waals surface area (Å²) in [5, 5.41) is 16.3. The number of para-hydroxylation sites is 1. The molecule has 2 aromatic carbocycles. The third kappa shape index (κ3) is 7.85. The zero-order chi connectivity index (χ0) is 35.3. The van der Waals surface area contributed by atoms with Crippen molar-refractivity contribution in [3.63, 3.8) is 0 Å². The van der Waals surface area contributed by atoms with Gasteiger partial charge >= 0.3 is 0 Å². The Kier molecular flexibility index (Phi) is 10.5. The average Bonchev–Trinajstić information content (AvgIpc) is 3.07. The first kappa shape index (κ1) is 34.9. The van der Waals surface area contributed by atoms with E-state index in [1.54, 1.807) is 24.1 Å². The minimum absolute atomic E-state index is 0.0337. The molecule has 254 valence electrons. The quantitative estimate of drug-likeness (QED) is 0.190. The van der Waals surface area contributed by atoms with Gasteiger partial charge in [0.1, 0.15) is 29.0 Å². The van der Waals surface area contributed by atoms with Gasteiger partial charge in [-0.1, -0.05) is 24.8 Å². The number of ether oxygens (including phenoxy) is 2. The van der Waals surface area contributed by atoms with E-state index in [-0.39, 0.29) is 23.4 Å². The number of amides is 2. The Morgan fingerprint density at radius 1 is 1.14 bits per heavy atom. The number of aromatic nitrogens is 1. The van der Waals surface area contributed by atoms with Crippen LogP contribution in [0.5, 0.6) is 11.5 Å². The zero-order valence-electron chi connectivity index (χ0n) is 29.1. The van der Waals surface area contributed by atoms with Gasteiger partial charge in [-0.15, -0.1) is 0 Å². The van der Waals surface area contributed by atoms with Crippen molar-refractivity contribution >= 4 is 28.9 Å². The maximum Gasteiger partial charge on any atom is 0.264 e. The fourth-order valence-corrected chi connectivity index (χ4v) is 6.34. The molecular formula is C39H44N6O4. The molecule has 2 aliphatic heterocycles. The number of nitrogens with zero attached hydrogens (tertiary/aromatic N) is 4. The highest BCUT2D eigenvalue weighted by molar-refractivity contribution is 6.04. The molecule has 10 heteroatoms. The molecule has 0 bridgehead atoms. The highest BCUT2D eigenvalue weighted by Crippen LogP contribution is 2.42. The fourth-order valence-electron chi connectivity index (χ4n) is 6.34. The number of fused-ring (bicyclic) bond motifs is 1. The van der Waals surface area contributed by atoms with Crippen molar-refractivity contribution < 1.29 is 19.1 Å². The van der Waals surface area contributed by atoms with E-state index in [9.17, 15) is 14.9 Å². The van der Waals surface area contributed by atoms with Crippen molar-refractivity contribution in [1.29, 1.82) is 5.26 Å². The molecule has 1 fully saturated rings. The average molecular weight is 661 g/mol. The van der Waals surface area contributed by atoms with Crippen molar-refractivity contribution in [1.82, 2.24) is 20.5 Å². The second-order valence-electron chi connectivity index (χ2n) is 12.8. The van der Waals surface area contributed by atoms with E-state index < -0.39 is 5.60 Å². The van der Waals surface area contributed by atoms with Gasteiger partial charge in [-0.25, -0.2) is 0 Å². The summed E-state index contributed by atoms with van der Waals surface area (Å²) in [6, 6.07) is 19.2. The van der Waals surface area contributed by atoms with Gasteiger partial charge in [0, 0.05) is 48.8 Å². The smallest absolute Gasteiger partial charge is 0.264 e. The Bertz CT molecular complexity index is 1860. The number of nitriles is 1. The van der Waals surface area contributed by atoms with Crippen molar-refractivity contribution in [3.05, 3.63) is 107 Å². The van der Waals surface area contributed by atoms with E-state index in [0.717, 1.165) is 39.7 Å². The van der Waals surface area contributed by atoms with E-state index in [2.05, 4.69) is 22.2 Å². The third-order valence-electron chi connectivity index (χ3n) is 8.66. The monoisotopic (exact) mass is 660 g/mol. The zero-order valence-corrected chi connectivity index (χ0v) is 29.1. The van der Waals surface area contributed by atoms with E-state index in [0.29, 0.717) is 49.6 Å². The molecule has 3 aromatic rings. The number of nitrogens with one attached hydrogen (secondary N) is 2. The fraction of sp³-hybridized carbons (Fsp3) is 0.333. The van der Waals surface area contributed by atoms with Gasteiger partial charge in [-0.2, -0.15) is 5.26 Å². The molecule has 0 aliphatic carbocycles. The highest BCUT2D eigenvalue weighted by atomic mass is 16.5. The molecular weight excluding hydrogens is 616 g/mol. The van der Waals surface area contributed by atoms with Crippen molar-refractivity contribution in [2.45, 2.75) is 66.0 Å². The lowest BCUT2D eigenvalue weighted by atomic mass is 9.98. The summed E-state index contributed by atoms with van der Waals surface area (Å²) in [5.41, 5.74) is 4.67. The lowest BCUT2D eigenvalue weighted by Gasteiger charge is -2.37. The van der Waals surface area contributed by atoms with E-state index in [4.69, 9.17) is 9.47 Å². The lowest BCUT2D eigenvalue weighted by molar-refractivity contribution is -0.129. The van der Waals surface area contributed by atoms with E-state index >= 15 is 0 Å². The Morgan fingerprint density at radius 2 is 1.90 bits per heavy atom. The Balaban J connectivity index is 1.37. The minimum atomic E-state index is -0.753. The van der Waals surface area contributed by atoms with Gasteiger partial charge in [0.25, 0.3) is 5.91 Å². The Morgan fingerprint density at radius 3 is 2.59 bits per heavy atom. The normalized spacial score (nSPS) is 17.4. The van der Waals surface area contributed by atoms with Gasteiger partial charge in [0.15, 0.2) is 0 Å². The molecule has 1 aromatic heterocycles. The van der Waals surface area contributed by atoms with Crippen LogP contribution in [-0.2, 0) is 14.3 Å². The number of carbonyl (C=O) groups is 2. The summed E-state index contributed by atoms with van der Waals surface area (Å²) in [6.45, 7) is 16.8. The standard InChI is InChI=1S/C39H44N6O4/c1-8-48-39(6,7)22-29(23-40)38(47)44-20-12-13-30(24-44)43-37(46)26(3)36-35-27(4)41-19-18-34(35)45(28(5)42-36)33-17-16-32(21-25(33)2)49-31-14-10-9-11-15-31/h9-11,14-19,21-22,30,42H,5,8,12-13,20,24H2,1-4,6-7H3,(H,43,46)/b29-22+,36-26-/t30-/m1/s1. The maximum absolute atomic E-state index is 13.8. The number of likely N-dealkylation sites (tertiary alicyclic amines) is 1. The largest absolute Gasteiger partial charge is 0.457 e. The molecule has 1 saturated heterocycles. The molecule has 2 amide bonds. The van der Waals surface area contributed by atoms with Crippen LogP contribution in [-0.4, -0.2) is 53.0 Å². The molecule has 2 N–H and O–H groups in total. The molecule has 0 spiro atoms. The number of piperidine rings is 1. The van der Waals surface area contributed by atoms with Crippen LogP contribution in [0.15, 0.2) is 90.4 Å². The second-order valence-corrected chi connectivity index (χ2v) is 12.8. The molecule has 3 heterocycles. The van der Waals surface area contributed by atoms with Gasteiger partial charge in [0.2, 0.25) is 5.91 Å². The second kappa shape index (κ2) is 14.8. The van der Waals surface area contributed by atoms with Crippen molar-refractivity contribution in [2.24, 2.45) is 0 Å². The molecule has 0 radical (unpaired) electrons. The van der Waals surface area contributed by atoms with Crippen LogP contribution >= 0.6 is 0 Å². The minimum Gasteiger partial charge on any atom is -0.457 e. The SMILES string of the molecule is C=C1N/C(=C(/C)C(=O)N[C@@H]2CCCN(C(=O)/C(C#N)=C/C(C)(C)OCC)C2)c2c(ccnc2C)N1c1ccc(Oc2ccccc2)cc1C. The summed E-state index contributed by atoms with van der Waals surface area (Å²) in [5.74, 6) is 1.44. The summed E-state index contributed by atoms with van der Waals surface area (Å²) in [4.78, 5) is 35.3. The molecule has 1 atom stereocenters. The summed E-state index contributed by atoms with van der Waals surface area (Å²) < 4.78 is 11.7. The van der Waals surface area contributed by atoms with Crippen molar-refractivity contribution in [2.75, 3.05) is 24.6 Å². The number of carbonyl (C=O) groups excluding carboxylic acids is 2. The number of benzene rings is 2. The first-order chi connectivity index (χ1) is 23.4. The van der Waals surface area contributed by atoms with Crippen LogP contribution in [0.1, 0.15) is 57.4 Å². The number of hydrogen-bond acceptors (Lipinski definition) is 8. The number of aryl methyl sites for hydroxylation is 2. The lowest BCUT2D eigenvalue weighted by Crippen LogP contribution is -2.50. The van der Waals surface area contributed by atoms with Crippen LogP contribution in [0.3, 0.4) is 0 Å². The van der Waals surface area contributed by atoms with Crippen LogP contribution in [0.2, 0.25) is 0 Å². The maximum atomic E-state index is 13.8. The predicted octanol–water partition coefficient (Wildman–Crippen LogP) is 6.81. The first-order valence-corrected chi connectivity index (χ1v) is 16.6. The molecule has 2 aliphatic rings. The molecule has 49 heavy (non-hydrogen) atoms. The van der Waals surface area contributed by atoms with E-state index in [1.165, 1.54) is 0 Å². The van der Waals surface area contributed by atoms with Crippen LogP contribution in [0.25, 0.3) is 5.70 Å². The highest BCUT2D eigenvalue weighted by Gasteiger charge is 2.32. The van der Waals surface area contributed by atoms with Gasteiger partial charge < -0.3 is 25.0 Å². The number of hydrogen-bond donors (Lipinski definition) is 2. The van der Waals surface area contributed by atoms with Crippen LogP contribution < -0.4 is 20.3 Å². The molecule has 0 unspecified atom stereocenters. The van der Waals surface area contributed by atoms with Gasteiger partial charge in [-0.3, -0.25) is 19.5 Å².